The highest BCUT2D eigenvalue weighted by Gasteiger charge is 2.15. The van der Waals surface area contributed by atoms with Crippen molar-refractivity contribution in [3.63, 3.8) is 0 Å². The molecule has 5 nitrogen and oxygen atoms in total. The van der Waals surface area contributed by atoms with Gasteiger partial charge in [0.15, 0.2) is 5.11 Å². The molecule has 0 atom stereocenters. The normalized spacial score (nSPS) is 10.5. The van der Waals surface area contributed by atoms with Crippen LogP contribution in [0.2, 0.25) is 0 Å². The Balaban J connectivity index is 2.57. The van der Waals surface area contributed by atoms with Gasteiger partial charge in [0.2, 0.25) is 0 Å². The first-order valence-corrected chi connectivity index (χ1v) is 6.30. The molecule has 0 aliphatic heterocycles. The lowest BCUT2D eigenvalue weighted by molar-refractivity contribution is 0.190. The molecule has 1 aromatic rings. The van der Waals surface area contributed by atoms with Crippen molar-refractivity contribution in [1.29, 1.82) is 0 Å². The number of thiocarbonyl (C=S) groups is 1. The summed E-state index contributed by atoms with van der Waals surface area (Å²) in [4.78, 5) is 11.6. The first-order chi connectivity index (χ1) is 8.80. The van der Waals surface area contributed by atoms with Crippen molar-refractivity contribution in [1.82, 2.24) is 10.6 Å². The van der Waals surface area contributed by atoms with Gasteiger partial charge < -0.3 is 20.7 Å². The minimum atomic E-state index is -0.473. The SMILES string of the molecule is CNC(=S)Nc1ccc(OC(=O)NC(C)(C)C)cc1. The van der Waals surface area contributed by atoms with E-state index < -0.39 is 6.09 Å². The van der Waals surface area contributed by atoms with Crippen molar-refractivity contribution in [3.05, 3.63) is 24.3 Å². The number of hydrogen-bond donors (Lipinski definition) is 3. The Kier molecular flexibility index (Phi) is 5.11. The van der Waals surface area contributed by atoms with Crippen molar-refractivity contribution >= 4 is 29.1 Å². The van der Waals surface area contributed by atoms with Gasteiger partial charge in [0.25, 0.3) is 0 Å². The Labute approximate surface area is 118 Å². The molecule has 0 radical (unpaired) electrons. The third-order valence-corrected chi connectivity index (χ3v) is 2.33. The molecule has 0 spiro atoms. The van der Waals surface area contributed by atoms with E-state index in [1.54, 1.807) is 31.3 Å². The van der Waals surface area contributed by atoms with Crippen LogP contribution in [0.25, 0.3) is 0 Å². The third kappa shape index (κ3) is 6.05. The van der Waals surface area contributed by atoms with E-state index in [1.165, 1.54) is 0 Å². The van der Waals surface area contributed by atoms with Crippen LogP contribution in [0.3, 0.4) is 0 Å². The fourth-order valence-corrected chi connectivity index (χ4v) is 1.36. The van der Waals surface area contributed by atoms with Gasteiger partial charge in [-0.15, -0.1) is 0 Å². The molecule has 0 saturated carbocycles. The van der Waals surface area contributed by atoms with Gasteiger partial charge in [0.05, 0.1) is 0 Å². The molecule has 0 bridgehead atoms. The first-order valence-electron chi connectivity index (χ1n) is 5.89. The zero-order valence-electron chi connectivity index (χ0n) is 11.5. The summed E-state index contributed by atoms with van der Waals surface area (Å²) in [5.74, 6) is 0.475. The zero-order valence-corrected chi connectivity index (χ0v) is 12.4. The predicted molar refractivity (Wildman–Crippen MR) is 80.6 cm³/mol. The van der Waals surface area contributed by atoms with E-state index in [-0.39, 0.29) is 5.54 Å². The monoisotopic (exact) mass is 281 g/mol. The van der Waals surface area contributed by atoms with Crippen LogP contribution in [-0.4, -0.2) is 23.8 Å². The number of ether oxygens (including phenoxy) is 1. The second-order valence-electron chi connectivity index (χ2n) is 4.99. The Morgan fingerprint density at radius 3 is 2.26 bits per heavy atom. The Bertz CT molecular complexity index is 452. The molecule has 0 aromatic heterocycles. The van der Waals surface area contributed by atoms with Gasteiger partial charge in [-0.25, -0.2) is 4.79 Å². The molecule has 0 unspecified atom stereocenters. The number of benzene rings is 1. The smallest absolute Gasteiger partial charge is 0.410 e. The lowest BCUT2D eigenvalue weighted by Gasteiger charge is -2.19. The van der Waals surface area contributed by atoms with E-state index in [9.17, 15) is 4.79 Å². The van der Waals surface area contributed by atoms with Crippen LogP contribution in [0.15, 0.2) is 24.3 Å². The van der Waals surface area contributed by atoms with Gasteiger partial charge in [-0.3, -0.25) is 0 Å². The van der Waals surface area contributed by atoms with Crippen LogP contribution in [0, 0.1) is 0 Å². The highest BCUT2D eigenvalue weighted by atomic mass is 32.1. The second-order valence-corrected chi connectivity index (χ2v) is 5.40. The molecule has 1 amide bonds. The van der Waals surface area contributed by atoms with Crippen LogP contribution in [-0.2, 0) is 0 Å². The Morgan fingerprint density at radius 2 is 1.79 bits per heavy atom. The van der Waals surface area contributed by atoms with Crippen molar-refractivity contribution in [2.45, 2.75) is 26.3 Å². The minimum absolute atomic E-state index is 0.322. The summed E-state index contributed by atoms with van der Waals surface area (Å²) in [6.45, 7) is 5.67. The molecule has 1 aromatic carbocycles. The summed E-state index contributed by atoms with van der Waals surface area (Å²) in [6, 6.07) is 6.96. The van der Waals surface area contributed by atoms with Gasteiger partial charge in [0, 0.05) is 18.3 Å². The van der Waals surface area contributed by atoms with Gasteiger partial charge in [-0.1, -0.05) is 0 Å². The number of carbonyl (C=O) groups excluding carboxylic acids is 1. The van der Waals surface area contributed by atoms with Crippen LogP contribution in [0.5, 0.6) is 5.75 Å². The minimum Gasteiger partial charge on any atom is -0.410 e. The van der Waals surface area contributed by atoms with E-state index in [0.717, 1.165) is 5.69 Å². The molecule has 0 fully saturated rings. The summed E-state index contributed by atoms with van der Waals surface area (Å²) in [5.41, 5.74) is 0.500. The van der Waals surface area contributed by atoms with Crippen molar-refractivity contribution in [2.24, 2.45) is 0 Å². The molecule has 3 N–H and O–H groups in total. The second kappa shape index (κ2) is 6.38. The van der Waals surface area contributed by atoms with E-state index >= 15 is 0 Å². The van der Waals surface area contributed by atoms with Gasteiger partial charge in [-0.2, -0.15) is 0 Å². The number of hydrogen-bond acceptors (Lipinski definition) is 3. The summed E-state index contributed by atoms with van der Waals surface area (Å²) in [5, 5.41) is 9.03. The highest BCUT2D eigenvalue weighted by Crippen LogP contribution is 2.16. The summed E-state index contributed by atoms with van der Waals surface area (Å²) < 4.78 is 5.15. The van der Waals surface area contributed by atoms with E-state index in [2.05, 4.69) is 16.0 Å². The number of amides is 1. The lowest BCUT2D eigenvalue weighted by atomic mass is 10.1. The van der Waals surface area contributed by atoms with Crippen LogP contribution < -0.4 is 20.7 Å². The molecule has 0 aliphatic carbocycles. The average molecular weight is 281 g/mol. The summed E-state index contributed by atoms with van der Waals surface area (Å²) >= 11 is 4.98. The van der Waals surface area contributed by atoms with Gasteiger partial charge >= 0.3 is 6.09 Å². The molecule has 0 saturated heterocycles. The molecule has 104 valence electrons. The number of rotatable bonds is 2. The first kappa shape index (κ1) is 15.2. The molecule has 0 aliphatic rings. The quantitative estimate of drug-likeness (QED) is 0.727. The maximum absolute atomic E-state index is 11.6. The predicted octanol–water partition coefficient (Wildman–Crippen LogP) is 2.49. The standard InChI is InChI=1S/C13H19N3O2S/c1-13(2,3)16-12(17)18-10-7-5-9(6-8-10)15-11(19)14-4/h5-8H,1-4H3,(H,16,17)(H2,14,15,19). The maximum atomic E-state index is 11.6. The third-order valence-electron chi connectivity index (χ3n) is 2.03. The molecule has 1 rings (SSSR count). The van der Waals surface area contributed by atoms with Crippen molar-refractivity contribution in [3.8, 4) is 5.75 Å². The lowest BCUT2D eigenvalue weighted by Crippen LogP contribution is -2.42. The maximum Gasteiger partial charge on any atom is 0.413 e. The fourth-order valence-electron chi connectivity index (χ4n) is 1.24. The molecular formula is C13H19N3O2S. The summed E-state index contributed by atoms with van der Waals surface area (Å²) in [6.07, 6.45) is -0.473. The number of nitrogens with one attached hydrogen (secondary N) is 3. The Hall–Kier alpha value is -1.82. The highest BCUT2D eigenvalue weighted by molar-refractivity contribution is 7.80. The van der Waals surface area contributed by atoms with E-state index in [1.807, 2.05) is 20.8 Å². The summed E-state index contributed by atoms with van der Waals surface area (Å²) in [7, 11) is 1.74. The van der Waals surface area contributed by atoms with Crippen molar-refractivity contribution < 1.29 is 9.53 Å². The molecule has 6 heteroatoms. The molecular weight excluding hydrogens is 262 g/mol. The van der Waals surface area contributed by atoms with Gasteiger partial charge in [-0.05, 0) is 57.3 Å². The molecule has 0 heterocycles. The van der Waals surface area contributed by atoms with E-state index in [0.29, 0.717) is 10.9 Å². The van der Waals surface area contributed by atoms with Crippen LogP contribution in [0.4, 0.5) is 10.5 Å². The largest absolute Gasteiger partial charge is 0.413 e. The topological polar surface area (TPSA) is 62.4 Å². The fraction of sp³-hybridized carbons (Fsp3) is 0.385. The van der Waals surface area contributed by atoms with Crippen LogP contribution in [0.1, 0.15) is 20.8 Å². The van der Waals surface area contributed by atoms with Gasteiger partial charge in [0.1, 0.15) is 5.75 Å². The number of anilines is 1. The zero-order chi connectivity index (χ0) is 14.5. The average Bonchev–Trinajstić information content (AvgIpc) is 2.29. The molecule has 19 heavy (non-hydrogen) atoms. The van der Waals surface area contributed by atoms with E-state index in [4.69, 9.17) is 17.0 Å². The number of carbonyl (C=O) groups is 1. The van der Waals surface area contributed by atoms with Crippen LogP contribution >= 0.6 is 12.2 Å². The Morgan fingerprint density at radius 1 is 1.21 bits per heavy atom. The van der Waals surface area contributed by atoms with Crippen molar-refractivity contribution in [2.75, 3.05) is 12.4 Å².